The number of hydrogen-bond acceptors (Lipinski definition) is 4. The molecule has 1 N–H and O–H groups in total. The molecular formula is C22H25ClN2O2S. The van der Waals surface area contributed by atoms with Crippen molar-refractivity contribution < 1.29 is 9.21 Å². The highest BCUT2D eigenvalue weighted by molar-refractivity contribution is 7.10. The topological polar surface area (TPSA) is 45.5 Å². The summed E-state index contributed by atoms with van der Waals surface area (Å²) in [5, 5.41) is 6.80. The molecule has 148 valence electrons. The molecule has 1 aliphatic rings. The van der Waals surface area contributed by atoms with Crippen LogP contribution < -0.4 is 5.32 Å². The third-order valence-corrected chi connectivity index (χ3v) is 6.96. The van der Waals surface area contributed by atoms with Gasteiger partial charge >= 0.3 is 0 Å². The van der Waals surface area contributed by atoms with Crippen LogP contribution in [0.3, 0.4) is 0 Å². The third-order valence-electron chi connectivity index (χ3n) is 5.58. The Morgan fingerprint density at radius 2 is 2.07 bits per heavy atom. The number of fused-ring (bicyclic) bond motifs is 1. The molecule has 1 amide bonds. The van der Waals surface area contributed by atoms with Crippen LogP contribution in [0.25, 0.3) is 11.0 Å². The Hall–Kier alpha value is -1.82. The largest absolute Gasteiger partial charge is 0.451 e. The fraction of sp³-hybridized carbons (Fsp3) is 0.409. The zero-order chi connectivity index (χ0) is 19.7. The van der Waals surface area contributed by atoms with Gasteiger partial charge in [0.05, 0.1) is 6.04 Å². The number of benzene rings is 1. The summed E-state index contributed by atoms with van der Waals surface area (Å²) in [6.07, 6.45) is 3.73. The molecule has 0 unspecified atom stereocenters. The standard InChI is InChI=1S/C22H25ClN2O2S/c1-14-11-19-16(12-17(14)23)15(2)21(27-19)22(26)24-13-18(20-7-6-10-28-20)25-8-4-3-5-9-25/h6-7,10-12,18H,3-5,8-9,13H2,1-2H3,(H,24,26)/t18-/m0/s1. The zero-order valence-corrected chi connectivity index (χ0v) is 17.8. The van der Waals surface area contributed by atoms with Gasteiger partial charge in [0, 0.05) is 27.4 Å². The van der Waals surface area contributed by atoms with E-state index in [1.165, 1.54) is 24.1 Å². The molecule has 4 nitrogen and oxygen atoms in total. The van der Waals surface area contributed by atoms with Crippen LogP contribution in [-0.4, -0.2) is 30.4 Å². The number of thiophene rings is 1. The van der Waals surface area contributed by atoms with Crippen molar-refractivity contribution in [3.8, 4) is 0 Å². The van der Waals surface area contributed by atoms with E-state index in [0.717, 1.165) is 29.6 Å². The van der Waals surface area contributed by atoms with Crippen molar-refractivity contribution in [2.75, 3.05) is 19.6 Å². The Bertz CT molecular complexity index is 974. The molecule has 1 aromatic carbocycles. The van der Waals surface area contributed by atoms with Crippen molar-refractivity contribution >= 4 is 39.8 Å². The lowest BCUT2D eigenvalue weighted by molar-refractivity contribution is 0.0899. The molecule has 1 atom stereocenters. The fourth-order valence-electron chi connectivity index (χ4n) is 3.95. The Balaban J connectivity index is 1.53. The molecule has 6 heteroatoms. The van der Waals surface area contributed by atoms with Gasteiger partial charge in [-0.2, -0.15) is 0 Å². The van der Waals surface area contributed by atoms with E-state index in [9.17, 15) is 4.79 Å². The van der Waals surface area contributed by atoms with E-state index in [1.54, 1.807) is 11.3 Å². The number of likely N-dealkylation sites (tertiary alicyclic amines) is 1. The maximum absolute atomic E-state index is 12.9. The number of piperidine rings is 1. The highest BCUT2D eigenvalue weighted by Crippen LogP contribution is 2.31. The number of hydrogen-bond donors (Lipinski definition) is 1. The summed E-state index contributed by atoms with van der Waals surface area (Å²) in [5.41, 5.74) is 2.48. The van der Waals surface area contributed by atoms with Crippen molar-refractivity contribution in [3.63, 3.8) is 0 Å². The summed E-state index contributed by atoms with van der Waals surface area (Å²) in [6, 6.07) is 8.22. The second kappa shape index (κ2) is 8.27. The van der Waals surface area contributed by atoms with Crippen LogP contribution in [0.5, 0.6) is 0 Å². The third kappa shape index (κ3) is 3.84. The lowest BCUT2D eigenvalue weighted by Crippen LogP contribution is -2.40. The summed E-state index contributed by atoms with van der Waals surface area (Å²) < 4.78 is 5.88. The first kappa shape index (κ1) is 19.5. The van der Waals surface area contributed by atoms with E-state index in [4.69, 9.17) is 16.0 Å². The normalized spacial score (nSPS) is 16.4. The van der Waals surface area contributed by atoms with Gasteiger partial charge in [-0.05, 0) is 68.9 Å². The summed E-state index contributed by atoms with van der Waals surface area (Å²) in [5.74, 6) is 0.210. The number of amides is 1. The maximum Gasteiger partial charge on any atom is 0.287 e. The predicted molar refractivity (Wildman–Crippen MR) is 116 cm³/mol. The van der Waals surface area contributed by atoms with Crippen LogP contribution in [0.1, 0.15) is 51.9 Å². The van der Waals surface area contributed by atoms with E-state index in [2.05, 4.69) is 27.7 Å². The second-order valence-corrected chi connectivity index (χ2v) is 8.88. The van der Waals surface area contributed by atoms with Gasteiger partial charge in [0.25, 0.3) is 5.91 Å². The average Bonchev–Trinajstić information content (AvgIpc) is 3.33. The molecule has 0 saturated carbocycles. The SMILES string of the molecule is Cc1cc2oc(C(=O)NC[C@@H](c3cccs3)N3CCCCC3)c(C)c2cc1Cl. The number of rotatable bonds is 5. The minimum atomic E-state index is -0.166. The van der Waals surface area contributed by atoms with Crippen molar-refractivity contribution in [2.24, 2.45) is 0 Å². The quantitative estimate of drug-likeness (QED) is 0.578. The lowest BCUT2D eigenvalue weighted by Gasteiger charge is -2.34. The van der Waals surface area contributed by atoms with Crippen LogP contribution in [0.2, 0.25) is 5.02 Å². The molecule has 0 radical (unpaired) electrons. The Labute approximate surface area is 174 Å². The lowest BCUT2D eigenvalue weighted by atomic mass is 10.1. The van der Waals surface area contributed by atoms with Gasteiger partial charge < -0.3 is 9.73 Å². The molecule has 28 heavy (non-hydrogen) atoms. The molecule has 2 aromatic heterocycles. The number of halogens is 1. The Kier molecular flexibility index (Phi) is 5.76. The van der Waals surface area contributed by atoms with E-state index in [0.29, 0.717) is 22.9 Å². The van der Waals surface area contributed by atoms with Gasteiger partial charge in [0.1, 0.15) is 5.58 Å². The number of furan rings is 1. The van der Waals surface area contributed by atoms with Crippen LogP contribution in [0.4, 0.5) is 0 Å². The summed E-state index contributed by atoms with van der Waals surface area (Å²) in [4.78, 5) is 16.7. The van der Waals surface area contributed by atoms with Gasteiger partial charge in [0.2, 0.25) is 0 Å². The molecule has 0 spiro atoms. The minimum Gasteiger partial charge on any atom is -0.451 e. The second-order valence-electron chi connectivity index (χ2n) is 7.49. The van der Waals surface area contributed by atoms with E-state index in [1.807, 2.05) is 26.0 Å². The van der Waals surface area contributed by atoms with Gasteiger partial charge in [-0.1, -0.05) is 24.1 Å². The van der Waals surface area contributed by atoms with Crippen molar-refractivity contribution in [1.29, 1.82) is 0 Å². The minimum absolute atomic E-state index is 0.166. The van der Waals surface area contributed by atoms with Gasteiger partial charge in [-0.3, -0.25) is 9.69 Å². The van der Waals surface area contributed by atoms with Crippen LogP contribution in [0.15, 0.2) is 34.1 Å². The van der Waals surface area contributed by atoms with Crippen LogP contribution in [-0.2, 0) is 0 Å². The van der Waals surface area contributed by atoms with Crippen LogP contribution >= 0.6 is 22.9 Å². The Morgan fingerprint density at radius 3 is 2.79 bits per heavy atom. The molecule has 1 saturated heterocycles. The molecule has 3 heterocycles. The molecule has 1 aliphatic heterocycles. The number of nitrogens with zero attached hydrogens (tertiary/aromatic N) is 1. The van der Waals surface area contributed by atoms with Crippen molar-refractivity contribution in [1.82, 2.24) is 10.2 Å². The number of carbonyl (C=O) groups excluding carboxylic acids is 1. The van der Waals surface area contributed by atoms with E-state index < -0.39 is 0 Å². The monoisotopic (exact) mass is 416 g/mol. The van der Waals surface area contributed by atoms with E-state index in [-0.39, 0.29) is 11.9 Å². The van der Waals surface area contributed by atoms with Crippen molar-refractivity contribution in [2.45, 2.75) is 39.2 Å². The summed E-state index contributed by atoms with van der Waals surface area (Å²) in [7, 11) is 0. The highest BCUT2D eigenvalue weighted by atomic mass is 35.5. The van der Waals surface area contributed by atoms with Crippen molar-refractivity contribution in [3.05, 3.63) is 56.4 Å². The first-order valence-corrected chi connectivity index (χ1v) is 11.0. The average molecular weight is 417 g/mol. The fourth-order valence-corrected chi connectivity index (χ4v) is 4.97. The summed E-state index contributed by atoms with van der Waals surface area (Å²) >= 11 is 8.00. The van der Waals surface area contributed by atoms with Gasteiger partial charge in [-0.25, -0.2) is 0 Å². The highest BCUT2D eigenvalue weighted by Gasteiger charge is 2.25. The first-order valence-electron chi connectivity index (χ1n) is 9.79. The molecule has 4 rings (SSSR count). The maximum atomic E-state index is 12.9. The van der Waals surface area contributed by atoms with E-state index >= 15 is 0 Å². The zero-order valence-electron chi connectivity index (χ0n) is 16.3. The Morgan fingerprint density at radius 1 is 1.29 bits per heavy atom. The first-order chi connectivity index (χ1) is 13.5. The molecule has 0 aliphatic carbocycles. The predicted octanol–water partition coefficient (Wildman–Crippen LogP) is 5.72. The molecule has 0 bridgehead atoms. The molecular weight excluding hydrogens is 392 g/mol. The summed E-state index contributed by atoms with van der Waals surface area (Å²) in [6.45, 7) is 6.59. The van der Waals surface area contributed by atoms with Crippen LogP contribution in [0, 0.1) is 13.8 Å². The van der Waals surface area contributed by atoms with Gasteiger partial charge in [-0.15, -0.1) is 11.3 Å². The molecule has 1 fully saturated rings. The van der Waals surface area contributed by atoms with Gasteiger partial charge in [0.15, 0.2) is 5.76 Å². The number of nitrogens with one attached hydrogen (secondary N) is 1. The number of aryl methyl sites for hydroxylation is 2. The number of carbonyl (C=O) groups is 1. The molecule has 3 aromatic rings. The smallest absolute Gasteiger partial charge is 0.287 e.